The number of amidine groups is 1. The van der Waals surface area contributed by atoms with Gasteiger partial charge >= 0.3 is 0 Å². The van der Waals surface area contributed by atoms with Crippen molar-refractivity contribution in [1.82, 2.24) is 0 Å². The van der Waals surface area contributed by atoms with E-state index in [4.69, 9.17) is 15.7 Å². The number of nitrogens with zero attached hydrogens (tertiary/aromatic N) is 2. The van der Waals surface area contributed by atoms with Gasteiger partial charge in [0.05, 0.1) is 18.4 Å². The number of nitrogens with two attached hydrogens (primary N) is 1. The molecule has 2 rings (SSSR count). The zero-order valence-corrected chi connectivity index (χ0v) is 12.4. The maximum Gasteiger partial charge on any atom is 0.170 e. The third-order valence-electron chi connectivity index (χ3n) is 3.29. The van der Waals surface area contributed by atoms with E-state index in [2.05, 4.69) is 32.9 Å². The van der Waals surface area contributed by atoms with E-state index in [-0.39, 0.29) is 11.9 Å². The summed E-state index contributed by atoms with van der Waals surface area (Å²) in [6, 6.07) is 5.70. The summed E-state index contributed by atoms with van der Waals surface area (Å²) in [6.07, 6.45) is 1.29. The van der Waals surface area contributed by atoms with Gasteiger partial charge in [-0.05, 0) is 40.5 Å². The molecule has 0 aliphatic carbocycles. The lowest BCUT2D eigenvalue weighted by atomic mass is 10.1. The number of hydrogen-bond acceptors (Lipinski definition) is 4. The minimum absolute atomic E-state index is 0.112. The molecule has 0 bridgehead atoms. The number of morpholine rings is 1. The predicted octanol–water partition coefficient (Wildman–Crippen LogP) is 2.16. The molecule has 0 aromatic heterocycles. The normalized spacial score (nSPS) is 20.6. The Kier molecular flexibility index (Phi) is 4.66. The first kappa shape index (κ1) is 14.1. The highest BCUT2D eigenvalue weighted by molar-refractivity contribution is 9.10. The first-order chi connectivity index (χ1) is 9.15. The number of rotatable bonds is 3. The van der Waals surface area contributed by atoms with Crippen molar-refractivity contribution in [3.63, 3.8) is 0 Å². The highest BCUT2D eigenvalue weighted by Crippen LogP contribution is 2.29. The zero-order chi connectivity index (χ0) is 13.8. The lowest BCUT2D eigenvalue weighted by molar-refractivity contribution is 0.0384. The third kappa shape index (κ3) is 3.19. The molecular formula is C13H18BrN3O2. The van der Waals surface area contributed by atoms with Crippen molar-refractivity contribution in [2.75, 3.05) is 24.6 Å². The van der Waals surface area contributed by atoms with Gasteiger partial charge in [-0.2, -0.15) is 0 Å². The Morgan fingerprint density at radius 2 is 2.42 bits per heavy atom. The molecular weight excluding hydrogens is 310 g/mol. The zero-order valence-electron chi connectivity index (χ0n) is 10.8. The van der Waals surface area contributed by atoms with E-state index < -0.39 is 0 Å². The van der Waals surface area contributed by atoms with Crippen molar-refractivity contribution in [2.24, 2.45) is 10.9 Å². The molecule has 1 atom stereocenters. The largest absolute Gasteiger partial charge is 0.409 e. The second-order valence-electron chi connectivity index (χ2n) is 4.50. The average molecular weight is 328 g/mol. The third-order valence-corrected chi connectivity index (χ3v) is 3.92. The Morgan fingerprint density at radius 1 is 1.63 bits per heavy atom. The summed E-state index contributed by atoms with van der Waals surface area (Å²) in [5.74, 6) is 0.112. The summed E-state index contributed by atoms with van der Waals surface area (Å²) in [5, 5.41) is 11.7. The Morgan fingerprint density at radius 3 is 3.05 bits per heavy atom. The maximum absolute atomic E-state index is 8.68. The van der Waals surface area contributed by atoms with E-state index in [1.807, 2.05) is 18.2 Å². The minimum Gasteiger partial charge on any atom is -0.409 e. The number of anilines is 1. The Labute approximate surface area is 121 Å². The Hall–Kier alpha value is -1.27. The van der Waals surface area contributed by atoms with E-state index in [9.17, 15) is 0 Å². The molecule has 104 valence electrons. The molecule has 1 saturated heterocycles. The van der Waals surface area contributed by atoms with Gasteiger partial charge in [-0.1, -0.05) is 12.1 Å². The van der Waals surface area contributed by atoms with Gasteiger partial charge in [0.2, 0.25) is 0 Å². The smallest absolute Gasteiger partial charge is 0.170 e. The molecule has 0 radical (unpaired) electrons. The highest BCUT2D eigenvalue weighted by Gasteiger charge is 2.20. The van der Waals surface area contributed by atoms with Gasteiger partial charge in [0.15, 0.2) is 5.84 Å². The van der Waals surface area contributed by atoms with Gasteiger partial charge in [0.25, 0.3) is 0 Å². The Bertz CT molecular complexity index is 479. The second-order valence-corrected chi connectivity index (χ2v) is 5.35. The van der Waals surface area contributed by atoms with E-state index in [0.29, 0.717) is 5.56 Å². The monoisotopic (exact) mass is 327 g/mol. The predicted molar refractivity (Wildman–Crippen MR) is 78.9 cm³/mol. The minimum atomic E-state index is 0.112. The molecule has 1 aromatic carbocycles. The topological polar surface area (TPSA) is 71.1 Å². The van der Waals surface area contributed by atoms with E-state index >= 15 is 0 Å². The molecule has 1 unspecified atom stereocenters. The van der Waals surface area contributed by atoms with Crippen LogP contribution in [-0.4, -0.2) is 36.8 Å². The molecule has 0 spiro atoms. The molecule has 1 heterocycles. The van der Waals surface area contributed by atoms with Crippen molar-refractivity contribution in [3.8, 4) is 0 Å². The standard InChI is InChI=1S/C13H18BrN3O2/c1-2-10-8-17(5-6-19-10)12-4-3-9(7-11(12)14)13(15)16-18/h3-4,7,10,18H,2,5-6,8H2,1H3,(H2,15,16). The molecule has 0 amide bonds. The second kappa shape index (κ2) is 6.25. The van der Waals surface area contributed by atoms with Gasteiger partial charge in [0, 0.05) is 23.1 Å². The summed E-state index contributed by atoms with van der Waals surface area (Å²) in [6.45, 7) is 4.63. The molecule has 19 heavy (non-hydrogen) atoms. The van der Waals surface area contributed by atoms with Crippen molar-refractivity contribution in [3.05, 3.63) is 28.2 Å². The first-order valence-corrected chi connectivity index (χ1v) is 7.09. The summed E-state index contributed by atoms with van der Waals surface area (Å²) < 4.78 is 6.61. The number of oxime groups is 1. The summed E-state index contributed by atoms with van der Waals surface area (Å²) >= 11 is 3.55. The van der Waals surface area contributed by atoms with Crippen LogP contribution in [0.2, 0.25) is 0 Å². The number of ether oxygens (including phenoxy) is 1. The van der Waals surface area contributed by atoms with E-state index in [1.165, 1.54) is 0 Å². The van der Waals surface area contributed by atoms with Crippen LogP contribution >= 0.6 is 15.9 Å². The van der Waals surface area contributed by atoms with Crippen LogP contribution in [0.25, 0.3) is 0 Å². The number of hydrogen-bond donors (Lipinski definition) is 2. The molecule has 1 aliphatic heterocycles. The Balaban J connectivity index is 2.21. The van der Waals surface area contributed by atoms with Gasteiger partial charge in [-0.25, -0.2) is 0 Å². The fourth-order valence-corrected chi connectivity index (χ4v) is 2.80. The van der Waals surface area contributed by atoms with Crippen molar-refractivity contribution in [1.29, 1.82) is 0 Å². The maximum atomic E-state index is 8.68. The number of benzene rings is 1. The average Bonchev–Trinajstić information content (AvgIpc) is 2.46. The lowest BCUT2D eigenvalue weighted by Crippen LogP contribution is -2.42. The van der Waals surface area contributed by atoms with Gasteiger partial charge in [-0.15, -0.1) is 0 Å². The molecule has 1 fully saturated rings. The quantitative estimate of drug-likeness (QED) is 0.386. The fourth-order valence-electron chi connectivity index (χ4n) is 2.17. The fraction of sp³-hybridized carbons (Fsp3) is 0.462. The molecule has 1 aromatic rings. The molecule has 0 saturated carbocycles. The van der Waals surface area contributed by atoms with Gasteiger partial charge in [0.1, 0.15) is 0 Å². The van der Waals surface area contributed by atoms with Crippen LogP contribution in [0.15, 0.2) is 27.8 Å². The van der Waals surface area contributed by atoms with Crippen LogP contribution in [-0.2, 0) is 4.74 Å². The summed E-state index contributed by atoms with van der Waals surface area (Å²) in [4.78, 5) is 2.29. The summed E-state index contributed by atoms with van der Waals surface area (Å²) in [7, 11) is 0. The molecule has 1 aliphatic rings. The molecule has 5 nitrogen and oxygen atoms in total. The van der Waals surface area contributed by atoms with Crippen LogP contribution in [0.5, 0.6) is 0 Å². The van der Waals surface area contributed by atoms with Crippen molar-refractivity contribution in [2.45, 2.75) is 19.4 Å². The van der Waals surface area contributed by atoms with Crippen molar-refractivity contribution < 1.29 is 9.94 Å². The molecule has 3 N–H and O–H groups in total. The SMILES string of the molecule is CCC1CN(c2ccc(/C(N)=N/O)cc2Br)CCO1. The van der Waals surface area contributed by atoms with Crippen LogP contribution in [0.4, 0.5) is 5.69 Å². The van der Waals surface area contributed by atoms with Crippen molar-refractivity contribution >= 4 is 27.5 Å². The highest BCUT2D eigenvalue weighted by atomic mass is 79.9. The van der Waals surface area contributed by atoms with Crippen LogP contribution in [0.1, 0.15) is 18.9 Å². The molecule has 6 heteroatoms. The van der Waals surface area contributed by atoms with Gasteiger partial charge < -0.3 is 20.6 Å². The van der Waals surface area contributed by atoms with Crippen LogP contribution in [0, 0.1) is 0 Å². The van der Waals surface area contributed by atoms with Gasteiger partial charge in [-0.3, -0.25) is 0 Å². The number of halogens is 1. The first-order valence-electron chi connectivity index (χ1n) is 6.29. The van der Waals surface area contributed by atoms with Crippen LogP contribution in [0.3, 0.4) is 0 Å². The van der Waals surface area contributed by atoms with Crippen LogP contribution < -0.4 is 10.6 Å². The van der Waals surface area contributed by atoms with E-state index in [0.717, 1.165) is 36.3 Å². The van der Waals surface area contributed by atoms with E-state index in [1.54, 1.807) is 0 Å². The lowest BCUT2D eigenvalue weighted by Gasteiger charge is -2.34. The summed E-state index contributed by atoms with van der Waals surface area (Å²) in [5.41, 5.74) is 7.38.